The number of hydrogen-bond acceptors (Lipinski definition) is 5. The fraction of sp³-hybridized carbons (Fsp3) is 0.161. The number of pyridine rings is 1. The zero-order valence-corrected chi connectivity index (χ0v) is 24.8. The van der Waals surface area contributed by atoms with Crippen molar-refractivity contribution in [2.24, 2.45) is 0 Å². The lowest BCUT2D eigenvalue weighted by molar-refractivity contribution is -0.137. The first-order chi connectivity index (χ1) is 20.2. The number of nitrogens with zero attached hydrogens (tertiary/aromatic N) is 1. The third-order valence-corrected chi connectivity index (χ3v) is 9.06. The molecule has 4 rings (SSSR count). The average Bonchev–Trinajstić information content (AvgIpc) is 2.96. The third-order valence-electron chi connectivity index (χ3n) is 6.42. The molecule has 12 heteroatoms. The van der Waals surface area contributed by atoms with Gasteiger partial charge < -0.3 is 9.87 Å². The van der Waals surface area contributed by atoms with Gasteiger partial charge in [-0.2, -0.15) is 13.2 Å². The van der Waals surface area contributed by atoms with E-state index in [4.69, 9.17) is 0 Å². The first kappa shape index (κ1) is 31.6. The predicted molar refractivity (Wildman–Crippen MR) is 156 cm³/mol. The Morgan fingerprint density at radius 1 is 1.02 bits per heavy atom. The lowest BCUT2D eigenvalue weighted by atomic mass is 10.1. The molecule has 0 radical (unpaired) electrons. The van der Waals surface area contributed by atoms with Gasteiger partial charge in [0.2, 0.25) is 0 Å². The Labute approximate surface area is 249 Å². The SMILES string of the molecule is CC#Cc1ccc([S+]([O-])c2cc(C(=O)NCc3ccc(S(C)(=O)=O)cc3)c(=O)n(-c3cccc(C(F)(F)F)c3)c2C)cc1. The van der Waals surface area contributed by atoms with Crippen LogP contribution in [0.2, 0.25) is 0 Å². The molecule has 0 aliphatic heterocycles. The molecule has 4 aromatic rings. The maximum absolute atomic E-state index is 13.7. The second kappa shape index (κ2) is 12.5. The van der Waals surface area contributed by atoms with Crippen molar-refractivity contribution in [3.63, 3.8) is 0 Å². The van der Waals surface area contributed by atoms with Gasteiger partial charge in [0, 0.05) is 41.3 Å². The van der Waals surface area contributed by atoms with Crippen molar-refractivity contribution < 1.29 is 30.9 Å². The number of nitrogens with one attached hydrogen (secondary N) is 1. The molecule has 43 heavy (non-hydrogen) atoms. The molecule has 3 aromatic carbocycles. The Kier molecular flexibility index (Phi) is 9.20. The first-order valence-corrected chi connectivity index (χ1v) is 15.7. The molecule has 0 saturated heterocycles. The minimum atomic E-state index is -4.69. The van der Waals surface area contributed by atoms with Gasteiger partial charge in [-0.25, -0.2) is 8.42 Å². The number of alkyl halides is 3. The summed E-state index contributed by atoms with van der Waals surface area (Å²) in [7, 11) is -3.43. The van der Waals surface area contributed by atoms with Crippen molar-refractivity contribution in [3.8, 4) is 17.5 Å². The standard InChI is InChI=1S/C31H25F3N2O5S2/c1-4-6-21-9-13-25(14-10-21)42(39)28-18-27(29(37)35-19-22-11-15-26(16-12-22)43(3,40)41)30(38)36(20(28)2)24-8-5-7-23(17-24)31(32,33)34/h5,7-18H,19H2,1-3H3,(H,35,37). The van der Waals surface area contributed by atoms with Crippen molar-refractivity contribution in [1.82, 2.24) is 9.88 Å². The summed E-state index contributed by atoms with van der Waals surface area (Å²) in [5.74, 6) is 4.77. The van der Waals surface area contributed by atoms with Crippen LogP contribution in [0.4, 0.5) is 13.2 Å². The van der Waals surface area contributed by atoms with E-state index in [1.165, 1.54) is 43.3 Å². The van der Waals surface area contributed by atoms with Crippen molar-refractivity contribution in [3.05, 3.63) is 117 Å². The van der Waals surface area contributed by atoms with Crippen LogP contribution in [0.25, 0.3) is 5.69 Å². The summed E-state index contributed by atoms with van der Waals surface area (Å²) in [4.78, 5) is 27.4. The summed E-state index contributed by atoms with van der Waals surface area (Å²) >= 11 is -1.93. The van der Waals surface area contributed by atoms with Gasteiger partial charge in [-0.1, -0.05) is 24.1 Å². The molecule has 0 bridgehead atoms. The molecular formula is C31H25F3N2O5S2. The third kappa shape index (κ3) is 7.19. The van der Waals surface area contributed by atoms with E-state index in [1.807, 2.05) is 0 Å². The molecule has 1 atom stereocenters. The quantitative estimate of drug-likeness (QED) is 0.229. The highest BCUT2D eigenvalue weighted by Crippen LogP contribution is 2.31. The Balaban J connectivity index is 1.80. The molecule has 222 valence electrons. The summed E-state index contributed by atoms with van der Waals surface area (Å²) in [6, 6.07) is 17.5. The van der Waals surface area contributed by atoms with Gasteiger partial charge in [-0.3, -0.25) is 14.2 Å². The van der Waals surface area contributed by atoms with Gasteiger partial charge in [-0.15, -0.1) is 5.92 Å². The molecular weight excluding hydrogens is 601 g/mol. The van der Waals surface area contributed by atoms with Crippen LogP contribution in [0.3, 0.4) is 0 Å². The van der Waals surface area contributed by atoms with E-state index in [9.17, 15) is 35.7 Å². The van der Waals surface area contributed by atoms with Crippen molar-refractivity contribution in [2.75, 3.05) is 6.26 Å². The van der Waals surface area contributed by atoms with Gasteiger partial charge in [0.25, 0.3) is 11.5 Å². The number of aromatic nitrogens is 1. The van der Waals surface area contributed by atoms with Crippen molar-refractivity contribution in [2.45, 2.75) is 41.3 Å². The highest BCUT2D eigenvalue weighted by Gasteiger charge is 2.32. The molecule has 1 N–H and O–H groups in total. The van der Waals surface area contributed by atoms with Crippen LogP contribution in [-0.4, -0.2) is 29.7 Å². The largest absolute Gasteiger partial charge is 0.606 e. The summed E-state index contributed by atoms with van der Waals surface area (Å²) in [6.07, 6.45) is -3.63. The molecule has 0 aliphatic rings. The Morgan fingerprint density at radius 3 is 2.26 bits per heavy atom. The highest BCUT2D eigenvalue weighted by atomic mass is 32.2. The number of carbonyl (C=O) groups is 1. The van der Waals surface area contributed by atoms with Crippen LogP contribution in [0, 0.1) is 18.8 Å². The molecule has 0 saturated carbocycles. The predicted octanol–water partition coefficient (Wildman–Crippen LogP) is 5.04. The van der Waals surface area contributed by atoms with E-state index in [0.717, 1.165) is 29.0 Å². The van der Waals surface area contributed by atoms with E-state index < -0.39 is 49.8 Å². The number of carbonyl (C=O) groups excluding carboxylic acids is 1. The van der Waals surface area contributed by atoms with Crippen molar-refractivity contribution >= 4 is 26.9 Å². The Hall–Kier alpha value is -4.31. The minimum absolute atomic E-state index is 0.0500. The molecule has 0 spiro atoms. The maximum atomic E-state index is 13.7. The second-order valence-corrected chi connectivity index (χ2v) is 12.9. The lowest BCUT2D eigenvalue weighted by Gasteiger charge is -2.19. The number of sulfone groups is 1. The van der Waals surface area contributed by atoms with Crippen LogP contribution in [0.15, 0.2) is 98.3 Å². The zero-order chi connectivity index (χ0) is 31.5. The first-order valence-electron chi connectivity index (χ1n) is 12.7. The van der Waals surface area contributed by atoms with Gasteiger partial charge in [0.1, 0.15) is 5.56 Å². The monoisotopic (exact) mass is 626 g/mol. The van der Waals surface area contributed by atoms with Crippen LogP contribution in [-0.2, 0) is 33.7 Å². The topological polar surface area (TPSA) is 108 Å². The van der Waals surface area contributed by atoms with Gasteiger partial charge in [0.15, 0.2) is 19.6 Å². The van der Waals surface area contributed by atoms with E-state index in [-0.39, 0.29) is 27.7 Å². The molecule has 1 amide bonds. The maximum Gasteiger partial charge on any atom is 0.416 e. The summed E-state index contributed by atoms with van der Waals surface area (Å²) < 4.78 is 78.7. The molecule has 1 unspecified atom stereocenters. The van der Waals surface area contributed by atoms with Crippen LogP contribution in [0.1, 0.15) is 39.7 Å². The smallest absolute Gasteiger partial charge is 0.416 e. The molecule has 0 aliphatic carbocycles. The number of halogens is 3. The average molecular weight is 627 g/mol. The van der Waals surface area contributed by atoms with Gasteiger partial charge in [-0.05, 0) is 74.0 Å². The zero-order valence-electron chi connectivity index (χ0n) is 23.2. The summed E-state index contributed by atoms with van der Waals surface area (Å²) in [5, 5.41) is 2.58. The lowest BCUT2D eigenvalue weighted by Crippen LogP contribution is -2.34. The minimum Gasteiger partial charge on any atom is -0.606 e. The number of benzene rings is 3. The highest BCUT2D eigenvalue weighted by molar-refractivity contribution is 7.91. The number of amides is 1. The fourth-order valence-corrected chi connectivity index (χ4v) is 6.08. The van der Waals surface area contributed by atoms with Crippen LogP contribution >= 0.6 is 0 Å². The van der Waals surface area contributed by atoms with Crippen LogP contribution < -0.4 is 10.9 Å². The van der Waals surface area contributed by atoms with E-state index in [1.54, 1.807) is 31.2 Å². The van der Waals surface area contributed by atoms with E-state index in [0.29, 0.717) is 16.0 Å². The normalized spacial score (nSPS) is 12.3. The molecule has 1 heterocycles. The molecule has 0 fully saturated rings. The number of rotatable bonds is 7. The molecule has 7 nitrogen and oxygen atoms in total. The Morgan fingerprint density at radius 2 is 1.67 bits per heavy atom. The summed E-state index contributed by atoms with van der Waals surface area (Å²) in [6.45, 7) is 3.03. The van der Waals surface area contributed by atoms with E-state index in [2.05, 4.69) is 17.2 Å². The van der Waals surface area contributed by atoms with Gasteiger partial charge in [0.05, 0.1) is 16.2 Å². The van der Waals surface area contributed by atoms with Crippen LogP contribution in [0.5, 0.6) is 0 Å². The summed E-state index contributed by atoms with van der Waals surface area (Å²) in [5.41, 5.74) is -1.20. The van der Waals surface area contributed by atoms with Crippen molar-refractivity contribution in [1.29, 1.82) is 0 Å². The fourth-order valence-electron chi connectivity index (χ4n) is 4.23. The van der Waals surface area contributed by atoms with E-state index >= 15 is 0 Å². The van der Waals surface area contributed by atoms with Gasteiger partial charge >= 0.3 is 6.18 Å². The Bertz CT molecular complexity index is 1910. The number of hydrogen-bond donors (Lipinski definition) is 1. The second-order valence-electron chi connectivity index (χ2n) is 9.46. The molecule has 1 aromatic heterocycles.